The molecule has 0 amide bonds. The summed E-state index contributed by atoms with van der Waals surface area (Å²) < 4.78 is 6.74. The Hall–Kier alpha value is -8.21. The molecule has 4 heteroatoms. The third-order valence-corrected chi connectivity index (χ3v) is 13.0. The Labute approximate surface area is 358 Å². The molecule has 10 aromatic carbocycles. The second-order valence-corrected chi connectivity index (χ2v) is 16.2. The Balaban J connectivity index is 1.10. The molecule has 1 aliphatic carbocycles. The smallest absolute Gasteiger partial charge is 0.164 e. The van der Waals surface area contributed by atoms with Crippen LogP contribution >= 0.6 is 0 Å². The first-order valence-electron chi connectivity index (χ1n) is 21.1. The van der Waals surface area contributed by atoms with E-state index in [9.17, 15) is 0 Å². The van der Waals surface area contributed by atoms with Crippen LogP contribution < -0.4 is 4.74 Å². The summed E-state index contributed by atoms with van der Waals surface area (Å²) in [6.07, 6.45) is 0. The fourth-order valence-corrected chi connectivity index (χ4v) is 10.3. The van der Waals surface area contributed by atoms with Gasteiger partial charge in [0.25, 0.3) is 0 Å². The van der Waals surface area contributed by atoms with Crippen LogP contribution in [0.15, 0.2) is 212 Å². The summed E-state index contributed by atoms with van der Waals surface area (Å²) in [7, 11) is 0. The van der Waals surface area contributed by atoms with E-state index in [1.54, 1.807) is 0 Å². The first-order valence-corrected chi connectivity index (χ1v) is 21.1. The Morgan fingerprint density at radius 3 is 1.37 bits per heavy atom. The molecule has 1 aliphatic heterocycles. The van der Waals surface area contributed by atoms with Crippen molar-refractivity contribution in [2.45, 2.75) is 5.41 Å². The van der Waals surface area contributed by atoms with Crippen molar-refractivity contribution < 1.29 is 4.74 Å². The zero-order valence-electron chi connectivity index (χ0n) is 33.5. The molecule has 0 unspecified atom stereocenters. The standard InChI is InChI=1S/C58H35N3O/c1-3-16-36(17-4-1)55-59-56(37-18-5-2-6-19-37)61-57(60-55)46-24-15-27-50-54(46)45-33-31-39(35-51(45)58(50)48-25-11-13-28-52(48)62-53-29-14-12-26-49(53)58)38-30-32-44-42-22-8-7-20-40(42)41-21-9-10-23-43(41)47(44)34-38/h1-35H. The zero-order valence-corrected chi connectivity index (χ0v) is 33.5. The number of ether oxygens (including phenoxy) is 1. The van der Waals surface area contributed by atoms with Crippen molar-refractivity contribution in [1.29, 1.82) is 0 Å². The van der Waals surface area contributed by atoms with Gasteiger partial charge in [-0.05, 0) is 90.0 Å². The highest BCUT2D eigenvalue weighted by molar-refractivity contribution is 6.25. The van der Waals surface area contributed by atoms with E-state index in [2.05, 4.69) is 176 Å². The number of hydrogen-bond donors (Lipinski definition) is 0. The van der Waals surface area contributed by atoms with Crippen LogP contribution in [0.4, 0.5) is 0 Å². The highest BCUT2D eigenvalue weighted by atomic mass is 16.5. The summed E-state index contributed by atoms with van der Waals surface area (Å²) in [6, 6.07) is 75.6. The average molecular weight is 790 g/mol. The topological polar surface area (TPSA) is 47.9 Å². The molecule has 11 aromatic rings. The van der Waals surface area contributed by atoms with Gasteiger partial charge in [-0.2, -0.15) is 0 Å². The highest BCUT2D eigenvalue weighted by Gasteiger charge is 2.52. The monoisotopic (exact) mass is 789 g/mol. The molecule has 0 radical (unpaired) electrons. The maximum atomic E-state index is 6.74. The van der Waals surface area contributed by atoms with Crippen molar-refractivity contribution in [3.63, 3.8) is 0 Å². The second-order valence-electron chi connectivity index (χ2n) is 16.2. The van der Waals surface area contributed by atoms with Gasteiger partial charge in [-0.3, -0.25) is 0 Å². The SMILES string of the molecule is c1ccc(-c2nc(-c3ccccc3)nc(-c3cccc4c3-c3ccc(-c5ccc6c7ccccc7c7ccccc7c6c5)cc3C43c4ccccc4Oc4ccccc43)n2)cc1. The van der Waals surface area contributed by atoms with Crippen LogP contribution in [0.1, 0.15) is 22.3 Å². The van der Waals surface area contributed by atoms with Crippen molar-refractivity contribution in [3.05, 3.63) is 235 Å². The zero-order chi connectivity index (χ0) is 40.8. The number of fused-ring (bicyclic) bond motifs is 15. The summed E-state index contributed by atoms with van der Waals surface area (Å²) in [5, 5.41) is 7.57. The molecule has 2 heterocycles. The molecule has 0 saturated heterocycles. The summed E-state index contributed by atoms with van der Waals surface area (Å²) in [6.45, 7) is 0. The Kier molecular flexibility index (Phi) is 7.49. The van der Waals surface area contributed by atoms with Crippen LogP contribution in [0.3, 0.4) is 0 Å². The van der Waals surface area contributed by atoms with Gasteiger partial charge in [0.2, 0.25) is 0 Å². The molecule has 0 N–H and O–H groups in total. The fraction of sp³-hybridized carbons (Fsp3) is 0.0172. The van der Waals surface area contributed by atoms with Gasteiger partial charge in [-0.1, -0.05) is 188 Å². The van der Waals surface area contributed by atoms with Gasteiger partial charge in [0.1, 0.15) is 11.5 Å². The van der Waals surface area contributed by atoms with E-state index in [-0.39, 0.29) is 0 Å². The largest absolute Gasteiger partial charge is 0.457 e. The quantitative estimate of drug-likeness (QED) is 0.167. The van der Waals surface area contributed by atoms with E-state index in [1.165, 1.54) is 43.4 Å². The molecule has 62 heavy (non-hydrogen) atoms. The normalized spacial score (nSPS) is 13.1. The lowest BCUT2D eigenvalue weighted by Gasteiger charge is -2.39. The van der Waals surface area contributed by atoms with Crippen LogP contribution in [0.2, 0.25) is 0 Å². The molecule has 1 aromatic heterocycles. The maximum Gasteiger partial charge on any atom is 0.164 e. The van der Waals surface area contributed by atoms with Crippen LogP contribution in [0.25, 0.3) is 88.7 Å². The van der Waals surface area contributed by atoms with Gasteiger partial charge in [0.15, 0.2) is 17.5 Å². The van der Waals surface area contributed by atoms with E-state index < -0.39 is 5.41 Å². The summed E-state index contributed by atoms with van der Waals surface area (Å²) in [4.78, 5) is 15.6. The second kappa shape index (κ2) is 13.4. The molecule has 4 nitrogen and oxygen atoms in total. The van der Waals surface area contributed by atoms with Crippen molar-refractivity contribution in [3.8, 4) is 67.9 Å². The van der Waals surface area contributed by atoms with Crippen LogP contribution in [-0.4, -0.2) is 15.0 Å². The lowest BCUT2D eigenvalue weighted by Crippen LogP contribution is -2.32. The first-order chi connectivity index (χ1) is 30.7. The lowest BCUT2D eigenvalue weighted by molar-refractivity contribution is 0.436. The lowest BCUT2D eigenvalue weighted by atomic mass is 9.66. The molecular formula is C58H35N3O. The molecule has 288 valence electrons. The summed E-state index contributed by atoms with van der Waals surface area (Å²) >= 11 is 0. The number of aromatic nitrogens is 3. The molecule has 0 fully saturated rings. The maximum absolute atomic E-state index is 6.74. The summed E-state index contributed by atoms with van der Waals surface area (Å²) in [5.74, 6) is 3.59. The van der Waals surface area contributed by atoms with Crippen LogP contribution in [-0.2, 0) is 5.41 Å². The number of nitrogens with zero attached hydrogens (tertiary/aromatic N) is 3. The van der Waals surface area contributed by atoms with E-state index >= 15 is 0 Å². The van der Waals surface area contributed by atoms with Crippen molar-refractivity contribution in [1.82, 2.24) is 15.0 Å². The van der Waals surface area contributed by atoms with Crippen molar-refractivity contribution in [2.24, 2.45) is 0 Å². The van der Waals surface area contributed by atoms with E-state index in [0.717, 1.165) is 61.6 Å². The number of rotatable bonds is 4. The molecule has 2 aliphatic rings. The first kappa shape index (κ1) is 34.6. The predicted molar refractivity (Wildman–Crippen MR) is 251 cm³/mol. The van der Waals surface area contributed by atoms with Crippen LogP contribution in [0, 0.1) is 0 Å². The highest BCUT2D eigenvalue weighted by Crippen LogP contribution is 2.63. The van der Waals surface area contributed by atoms with Gasteiger partial charge >= 0.3 is 0 Å². The van der Waals surface area contributed by atoms with Gasteiger partial charge < -0.3 is 4.74 Å². The van der Waals surface area contributed by atoms with Crippen molar-refractivity contribution in [2.75, 3.05) is 0 Å². The van der Waals surface area contributed by atoms with E-state index in [0.29, 0.717) is 17.5 Å². The minimum Gasteiger partial charge on any atom is -0.457 e. The molecule has 1 spiro atoms. The number of para-hydroxylation sites is 2. The number of hydrogen-bond acceptors (Lipinski definition) is 4. The third-order valence-electron chi connectivity index (χ3n) is 13.0. The Morgan fingerprint density at radius 2 is 0.758 bits per heavy atom. The minimum absolute atomic E-state index is 0.629. The van der Waals surface area contributed by atoms with Gasteiger partial charge in [0, 0.05) is 27.8 Å². The third kappa shape index (κ3) is 4.98. The molecule has 0 saturated carbocycles. The fourth-order valence-electron chi connectivity index (χ4n) is 10.3. The minimum atomic E-state index is -0.695. The predicted octanol–water partition coefficient (Wildman–Crippen LogP) is 14.5. The number of benzene rings is 10. The van der Waals surface area contributed by atoms with Crippen molar-refractivity contribution >= 4 is 32.3 Å². The van der Waals surface area contributed by atoms with Gasteiger partial charge in [-0.25, -0.2) is 15.0 Å². The molecular weight excluding hydrogens is 755 g/mol. The van der Waals surface area contributed by atoms with E-state index in [1.807, 2.05) is 36.4 Å². The van der Waals surface area contributed by atoms with Gasteiger partial charge in [0.05, 0.1) is 5.41 Å². The molecule has 0 bridgehead atoms. The van der Waals surface area contributed by atoms with Gasteiger partial charge in [-0.15, -0.1) is 0 Å². The Morgan fingerprint density at radius 1 is 0.290 bits per heavy atom. The Bertz CT molecular complexity index is 3480. The average Bonchev–Trinajstić information content (AvgIpc) is 3.64. The van der Waals surface area contributed by atoms with Crippen LogP contribution in [0.5, 0.6) is 11.5 Å². The summed E-state index contributed by atoms with van der Waals surface area (Å²) in [5.41, 5.74) is 11.3. The van der Waals surface area contributed by atoms with E-state index in [4.69, 9.17) is 19.7 Å². The molecule has 0 atom stereocenters. The molecule has 13 rings (SSSR count).